The molecule has 10 heteroatoms. The Hall–Kier alpha value is -2.87. The summed E-state index contributed by atoms with van der Waals surface area (Å²) in [5, 5.41) is 12.3. The van der Waals surface area contributed by atoms with Crippen LogP contribution in [0.1, 0.15) is 17.7 Å². The molecule has 1 aliphatic heterocycles. The highest BCUT2D eigenvalue weighted by molar-refractivity contribution is 7.91. The number of hydrogen-bond donors (Lipinski definition) is 2. The number of halogens is 1. The topological polar surface area (TPSA) is 112 Å². The second kappa shape index (κ2) is 7.18. The number of thiophene rings is 1. The van der Waals surface area contributed by atoms with Crippen molar-refractivity contribution in [2.75, 3.05) is 6.54 Å². The van der Waals surface area contributed by atoms with Crippen molar-refractivity contribution in [1.29, 1.82) is 5.26 Å². The highest BCUT2D eigenvalue weighted by Crippen LogP contribution is 2.32. The summed E-state index contributed by atoms with van der Waals surface area (Å²) in [7, 11) is -4.04. The van der Waals surface area contributed by atoms with Gasteiger partial charge in [-0.15, -0.1) is 11.3 Å². The number of hydrogen-bond acceptors (Lipinski definition) is 6. The van der Waals surface area contributed by atoms with Crippen molar-refractivity contribution in [2.45, 2.75) is 22.6 Å². The zero-order chi connectivity index (χ0) is 20.6. The summed E-state index contributed by atoms with van der Waals surface area (Å²) in [6, 6.07) is 10.6. The Balaban J connectivity index is 1.70. The lowest BCUT2D eigenvalue weighted by atomic mass is 9.90. The van der Waals surface area contributed by atoms with E-state index in [1.165, 1.54) is 36.5 Å². The Kier molecular flexibility index (Phi) is 4.82. The fourth-order valence-corrected chi connectivity index (χ4v) is 6.20. The highest BCUT2D eigenvalue weighted by atomic mass is 32.2. The molecule has 0 aliphatic carbocycles. The van der Waals surface area contributed by atoms with Crippen molar-refractivity contribution in [3.63, 3.8) is 0 Å². The Morgan fingerprint density at radius 1 is 1.31 bits per heavy atom. The van der Waals surface area contributed by atoms with Crippen LogP contribution in [0.4, 0.5) is 4.39 Å². The summed E-state index contributed by atoms with van der Waals surface area (Å²) in [4.78, 5) is 16.5. The van der Waals surface area contributed by atoms with Gasteiger partial charge in [-0.05, 0) is 47.7 Å². The van der Waals surface area contributed by atoms with Crippen molar-refractivity contribution >= 4 is 37.4 Å². The molecule has 4 rings (SSSR count). The molecule has 1 amide bonds. The first-order valence-corrected chi connectivity index (χ1v) is 11.0. The fourth-order valence-electron chi connectivity index (χ4n) is 3.39. The number of nitrogens with zero attached hydrogens (tertiary/aromatic N) is 2. The molecule has 1 atom stereocenters. The third-order valence-electron chi connectivity index (χ3n) is 4.77. The first kappa shape index (κ1) is 19.4. The zero-order valence-corrected chi connectivity index (χ0v) is 16.6. The van der Waals surface area contributed by atoms with E-state index >= 15 is 0 Å². The SMILES string of the molecule is N#Cc1cc(C[C@]2(NS(=O)(=O)c3cc4ccc(F)cc4s3)CCNC2=O)ccn1. The lowest BCUT2D eigenvalue weighted by molar-refractivity contribution is -0.124. The largest absolute Gasteiger partial charge is 0.354 e. The smallest absolute Gasteiger partial charge is 0.251 e. The minimum Gasteiger partial charge on any atom is -0.354 e. The van der Waals surface area contributed by atoms with Crippen molar-refractivity contribution in [3.8, 4) is 6.07 Å². The molecule has 3 heterocycles. The standard InChI is InChI=1S/C19H15FN4O3S2/c20-14-2-1-13-8-17(28-16(13)9-14)29(26,27)24-19(4-6-23-18(19)25)10-12-3-5-22-15(7-12)11-21/h1-3,5,7-9,24H,4,6,10H2,(H,23,25)/t19-/m1/s1. The summed E-state index contributed by atoms with van der Waals surface area (Å²) in [6.07, 6.45) is 1.78. The van der Waals surface area contributed by atoms with E-state index in [0.717, 1.165) is 11.3 Å². The first-order valence-electron chi connectivity index (χ1n) is 8.68. The second-order valence-electron chi connectivity index (χ2n) is 6.78. The lowest BCUT2D eigenvalue weighted by Gasteiger charge is -2.27. The van der Waals surface area contributed by atoms with E-state index in [2.05, 4.69) is 15.0 Å². The van der Waals surface area contributed by atoms with E-state index in [1.807, 2.05) is 6.07 Å². The molecule has 3 aromatic rings. The number of benzene rings is 1. The molecule has 1 fully saturated rings. The van der Waals surface area contributed by atoms with E-state index in [0.29, 0.717) is 22.2 Å². The molecular formula is C19H15FN4O3S2. The van der Waals surface area contributed by atoms with Crippen LogP contribution in [0.25, 0.3) is 10.1 Å². The van der Waals surface area contributed by atoms with E-state index in [4.69, 9.17) is 5.26 Å². The van der Waals surface area contributed by atoms with Crippen molar-refractivity contribution in [2.24, 2.45) is 0 Å². The molecule has 2 N–H and O–H groups in total. The maximum atomic E-state index is 13.4. The third-order valence-corrected chi connectivity index (χ3v) is 7.88. The minimum atomic E-state index is -4.04. The molecule has 1 aliphatic rings. The normalized spacial score (nSPS) is 19.2. The molecule has 1 aromatic carbocycles. The Morgan fingerprint density at radius 3 is 2.86 bits per heavy atom. The number of pyridine rings is 1. The van der Waals surface area contributed by atoms with Crippen LogP contribution in [0.3, 0.4) is 0 Å². The maximum Gasteiger partial charge on any atom is 0.251 e. The van der Waals surface area contributed by atoms with Crippen molar-refractivity contribution in [3.05, 3.63) is 59.7 Å². The van der Waals surface area contributed by atoms with Crippen LogP contribution in [0.5, 0.6) is 0 Å². The second-order valence-corrected chi connectivity index (χ2v) is 9.77. The molecule has 0 radical (unpaired) electrons. The molecule has 2 aromatic heterocycles. The van der Waals surface area contributed by atoms with E-state index in [9.17, 15) is 17.6 Å². The van der Waals surface area contributed by atoms with Crippen molar-refractivity contribution < 1.29 is 17.6 Å². The number of aromatic nitrogens is 1. The average molecular weight is 430 g/mol. The van der Waals surface area contributed by atoms with Gasteiger partial charge in [-0.25, -0.2) is 17.8 Å². The number of carbonyl (C=O) groups is 1. The Bertz CT molecular complexity index is 1270. The highest BCUT2D eigenvalue weighted by Gasteiger charge is 2.46. The van der Waals surface area contributed by atoms with Crippen molar-refractivity contribution in [1.82, 2.24) is 15.0 Å². The number of sulfonamides is 1. The Labute approximate surface area is 170 Å². The molecule has 0 unspecified atom stereocenters. The van der Waals surface area contributed by atoms with Crippen LogP contribution >= 0.6 is 11.3 Å². The van der Waals surface area contributed by atoms with Crippen LogP contribution < -0.4 is 10.0 Å². The van der Waals surface area contributed by atoms with Gasteiger partial charge in [0.15, 0.2) is 0 Å². The van der Waals surface area contributed by atoms with Gasteiger partial charge in [0, 0.05) is 23.9 Å². The van der Waals surface area contributed by atoms with Gasteiger partial charge in [0.05, 0.1) is 0 Å². The molecule has 148 valence electrons. The van der Waals surface area contributed by atoms with E-state index in [1.54, 1.807) is 6.07 Å². The van der Waals surface area contributed by atoms with Gasteiger partial charge in [0.2, 0.25) is 5.91 Å². The van der Waals surface area contributed by atoms with Crippen LogP contribution in [0.2, 0.25) is 0 Å². The van der Waals surface area contributed by atoms with Gasteiger partial charge in [-0.2, -0.15) is 9.98 Å². The predicted molar refractivity (Wildman–Crippen MR) is 105 cm³/mol. The average Bonchev–Trinajstić information content (AvgIpc) is 3.25. The number of nitrogens with one attached hydrogen (secondary N) is 2. The number of carbonyl (C=O) groups excluding carboxylic acids is 1. The van der Waals surface area contributed by atoms with Gasteiger partial charge >= 0.3 is 0 Å². The summed E-state index contributed by atoms with van der Waals surface area (Å²) in [5.74, 6) is -0.877. The monoisotopic (exact) mass is 430 g/mol. The first-order chi connectivity index (χ1) is 13.8. The fraction of sp³-hybridized carbons (Fsp3) is 0.211. The summed E-state index contributed by atoms with van der Waals surface area (Å²) in [5.41, 5.74) is -0.575. The molecular weight excluding hydrogens is 415 g/mol. The third kappa shape index (κ3) is 3.72. The molecule has 0 saturated carbocycles. The summed E-state index contributed by atoms with van der Waals surface area (Å²) < 4.78 is 42.7. The minimum absolute atomic E-state index is 0.00428. The van der Waals surface area contributed by atoms with Gasteiger partial charge in [-0.1, -0.05) is 6.07 Å². The number of rotatable bonds is 5. The van der Waals surface area contributed by atoms with Crippen LogP contribution in [-0.2, 0) is 21.2 Å². The number of amides is 1. The molecule has 0 spiro atoms. The molecule has 29 heavy (non-hydrogen) atoms. The summed E-state index contributed by atoms with van der Waals surface area (Å²) >= 11 is 0.939. The molecule has 1 saturated heterocycles. The molecule has 7 nitrogen and oxygen atoms in total. The Morgan fingerprint density at radius 2 is 2.14 bits per heavy atom. The van der Waals surface area contributed by atoms with Gasteiger partial charge in [-0.3, -0.25) is 4.79 Å². The van der Waals surface area contributed by atoms with Crippen LogP contribution in [0, 0.1) is 17.1 Å². The number of fused-ring (bicyclic) bond motifs is 1. The quantitative estimate of drug-likeness (QED) is 0.644. The summed E-state index contributed by atoms with van der Waals surface area (Å²) in [6.45, 7) is 0.329. The van der Waals surface area contributed by atoms with Gasteiger partial charge in [0.1, 0.15) is 27.3 Å². The molecule has 0 bridgehead atoms. The number of nitriles is 1. The van der Waals surface area contributed by atoms with Crippen LogP contribution in [-0.4, -0.2) is 31.4 Å². The zero-order valence-electron chi connectivity index (χ0n) is 15.0. The van der Waals surface area contributed by atoms with Crippen LogP contribution in [0.15, 0.2) is 46.8 Å². The van der Waals surface area contributed by atoms with Gasteiger partial charge < -0.3 is 5.32 Å². The van der Waals surface area contributed by atoms with Gasteiger partial charge in [0.25, 0.3) is 10.0 Å². The predicted octanol–water partition coefficient (Wildman–Crippen LogP) is 2.09. The van der Waals surface area contributed by atoms with E-state index < -0.39 is 27.3 Å². The maximum absolute atomic E-state index is 13.4. The lowest BCUT2D eigenvalue weighted by Crippen LogP contribution is -2.54. The van der Waals surface area contributed by atoms with E-state index in [-0.39, 0.29) is 22.7 Å².